The summed E-state index contributed by atoms with van der Waals surface area (Å²) in [6.07, 6.45) is 0. The van der Waals surface area contributed by atoms with Crippen LogP contribution in [0.4, 0.5) is 0 Å². The Morgan fingerprint density at radius 2 is 1.68 bits per heavy atom. The van der Waals surface area contributed by atoms with Crippen LogP contribution in [-0.2, 0) is 0 Å². The molecule has 0 radical (unpaired) electrons. The molecule has 0 saturated carbocycles. The van der Waals surface area contributed by atoms with E-state index in [1.807, 2.05) is 11.3 Å². The lowest BCUT2D eigenvalue weighted by Crippen LogP contribution is -2.51. The van der Waals surface area contributed by atoms with Gasteiger partial charge in [-0.2, -0.15) is 0 Å². The molecule has 1 aliphatic rings. The van der Waals surface area contributed by atoms with E-state index >= 15 is 0 Å². The average molecular weight is 321 g/mol. The normalized spacial score (nSPS) is 21.3. The van der Waals surface area contributed by atoms with Crippen molar-refractivity contribution in [2.45, 2.75) is 33.1 Å². The summed E-state index contributed by atoms with van der Waals surface area (Å²) in [6.45, 7) is 16.2. The third-order valence-corrected chi connectivity index (χ3v) is 14.2. The van der Waals surface area contributed by atoms with E-state index in [1.165, 1.54) is 4.88 Å². The molecule has 0 aliphatic carbocycles. The highest BCUT2D eigenvalue weighted by Crippen LogP contribution is 2.37. The van der Waals surface area contributed by atoms with Gasteiger partial charge in [-0.15, -0.1) is 29.3 Å². The first-order valence-corrected chi connectivity index (χ1v) is 14.4. The van der Waals surface area contributed by atoms with E-state index in [-0.39, 0.29) is 0 Å². The summed E-state index contributed by atoms with van der Waals surface area (Å²) in [5.41, 5.74) is 2.27. The Labute approximate surface area is 125 Å². The number of thiophene rings is 2. The molecule has 0 amide bonds. The maximum atomic E-state index is 4.18. The molecule has 100 valence electrons. The molecule has 0 aromatic carbocycles. The van der Waals surface area contributed by atoms with Crippen molar-refractivity contribution in [1.29, 1.82) is 0 Å². The van der Waals surface area contributed by atoms with E-state index in [0.29, 0.717) is 0 Å². The Kier molecular flexibility index (Phi) is 2.88. The monoisotopic (exact) mass is 320 g/mol. The van der Waals surface area contributed by atoms with Crippen LogP contribution in [0.5, 0.6) is 0 Å². The molecule has 1 aliphatic heterocycles. The Morgan fingerprint density at radius 3 is 2.26 bits per heavy atom. The van der Waals surface area contributed by atoms with Gasteiger partial charge in [0.2, 0.25) is 0 Å². The molecule has 0 bridgehead atoms. The van der Waals surface area contributed by atoms with Crippen molar-refractivity contribution >= 4 is 53.7 Å². The SMILES string of the molecule is C=C[Si]1(C)c2cc(C)sc2-c2sc([Si](C)(C)C)cc21. The van der Waals surface area contributed by atoms with Gasteiger partial charge in [0.05, 0.1) is 8.07 Å². The summed E-state index contributed by atoms with van der Waals surface area (Å²) in [4.78, 5) is 4.56. The lowest BCUT2D eigenvalue weighted by molar-refractivity contribution is 1.65. The van der Waals surface area contributed by atoms with Gasteiger partial charge in [-0.25, -0.2) is 0 Å². The minimum absolute atomic E-state index is 1.20. The minimum Gasteiger partial charge on any atom is -0.144 e. The maximum absolute atomic E-state index is 4.18. The topological polar surface area (TPSA) is 0 Å². The standard InChI is InChI=1S/C15H20S2Si2/c1-7-19(6)11-8-10(2)16-14(11)15-12(19)9-13(17-15)18(3,4)5/h7-9H,1H2,2-6H3. The van der Waals surface area contributed by atoms with Gasteiger partial charge in [-0.1, -0.05) is 38.0 Å². The zero-order chi connectivity index (χ0) is 14.0. The molecule has 1 unspecified atom stereocenters. The molecular weight excluding hydrogens is 300 g/mol. The van der Waals surface area contributed by atoms with E-state index in [1.54, 1.807) is 24.6 Å². The van der Waals surface area contributed by atoms with Crippen molar-refractivity contribution < 1.29 is 0 Å². The van der Waals surface area contributed by atoms with Crippen LogP contribution < -0.4 is 14.9 Å². The van der Waals surface area contributed by atoms with E-state index in [0.717, 1.165) is 0 Å². The van der Waals surface area contributed by atoms with Crippen molar-refractivity contribution in [2.75, 3.05) is 0 Å². The minimum atomic E-state index is -1.63. The quantitative estimate of drug-likeness (QED) is 0.742. The highest BCUT2D eigenvalue weighted by molar-refractivity contribution is 7.35. The second-order valence-electron chi connectivity index (χ2n) is 6.61. The molecule has 3 rings (SSSR count). The molecule has 0 spiro atoms. The zero-order valence-electron chi connectivity index (χ0n) is 12.3. The van der Waals surface area contributed by atoms with Gasteiger partial charge < -0.3 is 0 Å². The first-order valence-electron chi connectivity index (χ1n) is 6.67. The van der Waals surface area contributed by atoms with Crippen LogP contribution in [0.1, 0.15) is 4.88 Å². The van der Waals surface area contributed by atoms with Crippen LogP contribution >= 0.6 is 22.7 Å². The highest BCUT2D eigenvalue weighted by atomic mass is 32.1. The van der Waals surface area contributed by atoms with E-state index in [4.69, 9.17) is 0 Å². The Morgan fingerprint density at radius 1 is 1.11 bits per heavy atom. The van der Waals surface area contributed by atoms with Crippen LogP contribution in [0.15, 0.2) is 24.4 Å². The van der Waals surface area contributed by atoms with Gasteiger partial charge >= 0.3 is 0 Å². The predicted octanol–water partition coefficient (Wildman–Crippen LogP) is 3.56. The van der Waals surface area contributed by atoms with Gasteiger partial charge in [0.25, 0.3) is 0 Å². The summed E-state index contributed by atoms with van der Waals surface area (Å²) >= 11 is 4.04. The second-order valence-corrected chi connectivity index (χ2v) is 18.2. The molecule has 0 N–H and O–H groups in total. The fraction of sp³-hybridized carbons (Fsp3) is 0.333. The van der Waals surface area contributed by atoms with Crippen LogP contribution in [0.25, 0.3) is 9.75 Å². The van der Waals surface area contributed by atoms with Crippen LogP contribution in [0.2, 0.25) is 26.2 Å². The molecule has 19 heavy (non-hydrogen) atoms. The smallest absolute Gasteiger partial charge is 0.141 e. The van der Waals surface area contributed by atoms with Crippen LogP contribution in [-0.4, -0.2) is 16.1 Å². The summed E-state index contributed by atoms with van der Waals surface area (Å²) < 4.78 is 1.65. The second kappa shape index (κ2) is 4.04. The number of fused-ring (bicyclic) bond motifs is 3. The van der Waals surface area contributed by atoms with Gasteiger partial charge in [0.1, 0.15) is 8.07 Å². The van der Waals surface area contributed by atoms with Crippen molar-refractivity contribution in [1.82, 2.24) is 0 Å². The average Bonchev–Trinajstić information content (AvgIpc) is 2.93. The predicted molar refractivity (Wildman–Crippen MR) is 96.4 cm³/mol. The Hall–Kier alpha value is -0.426. The molecule has 3 heterocycles. The third-order valence-electron chi connectivity index (χ3n) is 4.06. The molecular formula is C15H20S2Si2. The van der Waals surface area contributed by atoms with Gasteiger partial charge in [0.15, 0.2) is 0 Å². The van der Waals surface area contributed by atoms with Gasteiger partial charge in [0, 0.05) is 14.6 Å². The molecule has 4 heteroatoms. The lowest BCUT2D eigenvalue weighted by atomic mass is 10.4. The first kappa shape index (κ1) is 13.6. The molecule has 0 fully saturated rings. The number of hydrogen-bond acceptors (Lipinski definition) is 2. The maximum Gasteiger partial charge on any atom is 0.141 e. The summed E-state index contributed by atoms with van der Waals surface area (Å²) in [7, 11) is -2.84. The van der Waals surface area contributed by atoms with Gasteiger partial charge in [-0.05, 0) is 27.9 Å². The first-order chi connectivity index (χ1) is 8.77. The number of hydrogen-bond donors (Lipinski definition) is 0. The van der Waals surface area contributed by atoms with Crippen molar-refractivity contribution in [2.24, 2.45) is 0 Å². The number of rotatable bonds is 2. The molecule has 0 saturated heterocycles. The summed E-state index contributed by atoms with van der Waals surface area (Å²) in [6, 6.07) is 4.94. The van der Waals surface area contributed by atoms with Crippen LogP contribution in [0, 0.1) is 6.92 Å². The van der Waals surface area contributed by atoms with Crippen molar-refractivity contribution in [3.63, 3.8) is 0 Å². The summed E-state index contributed by atoms with van der Waals surface area (Å²) in [5.74, 6) is 0. The van der Waals surface area contributed by atoms with E-state index < -0.39 is 16.1 Å². The fourth-order valence-corrected chi connectivity index (χ4v) is 11.7. The molecule has 2 aromatic heterocycles. The lowest BCUT2D eigenvalue weighted by Gasteiger charge is -2.19. The van der Waals surface area contributed by atoms with Crippen LogP contribution in [0.3, 0.4) is 0 Å². The van der Waals surface area contributed by atoms with E-state index in [2.05, 4.69) is 68.9 Å². The Bertz CT molecular complexity index is 673. The molecule has 2 aromatic rings. The number of aryl methyl sites for hydroxylation is 1. The Balaban J connectivity index is 2.30. The molecule has 1 atom stereocenters. The van der Waals surface area contributed by atoms with Crippen molar-refractivity contribution in [3.8, 4) is 9.75 Å². The third kappa shape index (κ3) is 1.81. The van der Waals surface area contributed by atoms with E-state index in [9.17, 15) is 0 Å². The largest absolute Gasteiger partial charge is 0.144 e. The molecule has 0 nitrogen and oxygen atoms in total. The summed E-state index contributed by atoms with van der Waals surface area (Å²) in [5, 5.41) is 3.24. The van der Waals surface area contributed by atoms with Crippen molar-refractivity contribution in [3.05, 3.63) is 29.3 Å². The zero-order valence-corrected chi connectivity index (χ0v) is 15.9. The fourth-order valence-electron chi connectivity index (χ4n) is 2.75. The van der Waals surface area contributed by atoms with Gasteiger partial charge in [-0.3, -0.25) is 0 Å². The highest BCUT2D eigenvalue weighted by Gasteiger charge is 2.43.